The Balaban J connectivity index is 2.21. The van der Waals surface area contributed by atoms with E-state index in [1.54, 1.807) is 13.2 Å². The zero-order chi connectivity index (χ0) is 14.4. The van der Waals surface area contributed by atoms with Gasteiger partial charge in [0.25, 0.3) is 0 Å². The smallest absolute Gasteiger partial charge is 0.233 e. The highest BCUT2D eigenvalue weighted by Crippen LogP contribution is 2.21. The zero-order valence-corrected chi connectivity index (χ0v) is 11.8. The summed E-state index contributed by atoms with van der Waals surface area (Å²) in [6.45, 7) is 2.17. The number of aromatic nitrogens is 2. The molecular weight excluding hydrogens is 252 g/mol. The van der Waals surface area contributed by atoms with E-state index in [9.17, 15) is 0 Å². The summed E-state index contributed by atoms with van der Waals surface area (Å²) >= 11 is 0. The number of hydrazine groups is 1. The number of nitrogens with one attached hydrogen (secondary N) is 1. The fourth-order valence-corrected chi connectivity index (χ4v) is 2.11. The van der Waals surface area contributed by atoms with Gasteiger partial charge in [-0.15, -0.1) is 10.2 Å². The first-order valence-corrected chi connectivity index (χ1v) is 6.71. The van der Waals surface area contributed by atoms with Gasteiger partial charge in [0, 0.05) is 6.07 Å². The summed E-state index contributed by atoms with van der Waals surface area (Å²) in [5.74, 6) is 6.14. The number of methoxy groups -OCH3 is 1. The van der Waals surface area contributed by atoms with Crippen LogP contribution < -0.4 is 16.0 Å². The Morgan fingerprint density at radius 2 is 1.90 bits per heavy atom. The van der Waals surface area contributed by atoms with Gasteiger partial charge in [-0.25, -0.2) is 5.43 Å². The van der Waals surface area contributed by atoms with Crippen LogP contribution in [-0.4, -0.2) is 17.3 Å². The van der Waals surface area contributed by atoms with Crippen LogP contribution in [0.15, 0.2) is 36.4 Å². The second-order valence-corrected chi connectivity index (χ2v) is 4.59. The van der Waals surface area contributed by atoms with E-state index >= 15 is 0 Å². The van der Waals surface area contributed by atoms with E-state index in [0.717, 1.165) is 24.1 Å². The molecule has 1 aromatic heterocycles. The Morgan fingerprint density at radius 3 is 2.40 bits per heavy atom. The summed E-state index contributed by atoms with van der Waals surface area (Å²) in [7, 11) is 1.56. The number of rotatable bonds is 6. The van der Waals surface area contributed by atoms with Crippen LogP contribution in [0.3, 0.4) is 0 Å². The summed E-state index contributed by atoms with van der Waals surface area (Å²) in [4.78, 5) is 0. The van der Waals surface area contributed by atoms with Crippen molar-refractivity contribution < 1.29 is 4.74 Å². The highest BCUT2D eigenvalue weighted by atomic mass is 16.5. The van der Waals surface area contributed by atoms with Crippen LogP contribution >= 0.6 is 0 Å². The van der Waals surface area contributed by atoms with Gasteiger partial charge in [0.15, 0.2) is 0 Å². The maximum atomic E-state index is 5.66. The highest BCUT2D eigenvalue weighted by Gasteiger charge is 2.14. The molecule has 0 fully saturated rings. The molecule has 5 heteroatoms. The van der Waals surface area contributed by atoms with Crippen molar-refractivity contribution in [1.82, 2.24) is 15.6 Å². The van der Waals surface area contributed by atoms with Crippen molar-refractivity contribution in [2.45, 2.75) is 25.8 Å². The third-order valence-corrected chi connectivity index (χ3v) is 3.18. The number of ether oxygens (including phenoxy) is 1. The number of nitrogens with zero attached hydrogens (tertiary/aromatic N) is 2. The molecule has 1 aromatic carbocycles. The lowest BCUT2D eigenvalue weighted by atomic mass is 10.0. The largest absolute Gasteiger partial charge is 0.480 e. The summed E-state index contributed by atoms with van der Waals surface area (Å²) in [6, 6.07) is 11.8. The van der Waals surface area contributed by atoms with E-state index < -0.39 is 0 Å². The van der Waals surface area contributed by atoms with Crippen LogP contribution in [0.1, 0.15) is 36.2 Å². The number of nitrogens with two attached hydrogens (primary N) is 1. The molecule has 1 unspecified atom stereocenters. The lowest BCUT2D eigenvalue weighted by Gasteiger charge is -2.15. The van der Waals surface area contributed by atoms with Crippen molar-refractivity contribution in [1.29, 1.82) is 0 Å². The van der Waals surface area contributed by atoms with Crippen LogP contribution in [-0.2, 0) is 6.42 Å². The minimum Gasteiger partial charge on any atom is -0.480 e. The molecule has 1 heterocycles. The van der Waals surface area contributed by atoms with Gasteiger partial charge in [0.05, 0.1) is 18.8 Å². The van der Waals surface area contributed by atoms with Gasteiger partial charge in [0.2, 0.25) is 5.88 Å². The van der Waals surface area contributed by atoms with Crippen molar-refractivity contribution in [2.75, 3.05) is 7.11 Å². The molecule has 0 aliphatic heterocycles. The van der Waals surface area contributed by atoms with Crippen molar-refractivity contribution in [3.05, 3.63) is 53.2 Å². The maximum Gasteiger partial charge on any atom is 0.233 e. The van der Waals surface area contributed by atoms with E-state index in [4.69, 9.17) is 10.6 Å². The van der Waals surface area contributed by atoms with Gasteiger partial charge in [0.1, 0.15) is 0 Å². The van der Waals surface area contributed by atoms with Crippen LogP contribution in [0.4, 0.5) is 0 Å². The molecule has 106 valence electrons. The Morgan fingerprint density at radius 1 is 1.15 bits per heavy atom. The molecular formula is C15H20N4O. The van der Waals surface area contributed by atoms with E-state index in [1.165, 1.54) is 5.56 Å². The van der Waals surface area contributed by atoms with Crippen molar-refractivity contribution in [2.24, 2.45) is 5.84 Å². The fourth-order valence-electron chi connectivity index (χ4n) is 2.11. The normalized spacial score (nSPS) is 12.2. The Hall–Kier alpha value is -1.98. The average Bonchev–Trinajstić information content (AvgIpc) is 2.51. The molecule has 2 rings (SSSR count). The minimum atomic E-state index is -0.177. The quantitative estimate of drug-likeness (QED) is 0.621. The first kappa shape index (κ1) is 14.4. The Kier molecular flexibility index (Phi) is 5.03. The molecule has 0 aliphatic carbocycles. The standard InChI is InChI=1S/C15H20N4O/c1-3-4-11-5-7-12(8-6-11)15(17-16)13-9-10-14(20-2)19-18-13/h5-10,15,17H,3-4,16H2,1-2H3. The highest BCUT2D eigenvalue weighted by molar-refractivity contribution is 5.30. The van der Waals surface area contributed by atoms with Crippen molar-refractivity contribution in [3.63, 3.8) is 0 Å². The van der Waals surface area contributed by atoms with Crippen molar-refractivity contribution >= 4 is 0 Å². The van der Waals surface area contributed by atoms with Gasteiger partial charge in [-0.05, 0) is 23.6 Å². The molecule has 0 saturated heterocycles. The molecule has 0 bridgehead atoms. The van der Waals surface area contributed by atoms with Crippen LogP contribution in [0.25, 0.3) is 0 Å². The molecule has 0 spiro atoms. The van der Waals surface area contributed by atoms with Gasteiger partial charge in [-0.2, -0.15) is 0 Å². The fraction of sp³-hybridized carbons (Fsp3) is 0.333. The third kappa shape index (κ3) is 3.31. The molecule has 2 aromatic rings. The average molecular weight is 272 g/mol. The SMILES string of the molecule is CCCc1ccc(C(NN)c2ccc(OC)nn2)cc1. The van der Waals surface area contributed by atoms with Crippen LogP contribution in [0.2, 0.25) is 0 Å². The molecule has 20 heavy (non-hydrogen) atoms. The van der Waals surface area contributed by atoms with Gasteiger partial charge in [-0.1, -0.05) is 37.6 Å². The van der Waals surface area contributed by atoms with E-state index in [2.05, 4.69) is 46.8 Å². The van der Waals surface area contributed by atoms with Gasteiger partial charge >= 0.3 is 0 Å². The second-order valence-electron chi connectivity index (χ2n) is 4.59. The van der Waals surface area contributed by atoms with E-state index in [0.29, 0.717) is 5.88 Å². The van der Waals surface area contributed by atoms with E-state index in [1.807, 2.05) is 6.07 Å². The van der Waals surface area contributed by atoms with Gasteiger partial charge in [-0.3, -0.25) is 5.84 Å². The zero-order valence-electron chi connectivity index (χ0n) is 11.8. The topological polar surface area (TPSA) is 73.1 Å². The monoisotopic (exact) mass is 272 g/mol. The number of hydrogen-bond acceptors (Lipinski definition) is 5. The van der Waals surface area contributed by atoms with Gasteiger partial charge < -0.3 is 4.74 Å². The minimum absolute atomic E-state index is 0.177. The Bertz CT molecular complexity index is 525. The lowest BCUT2D eigenvalue weighted by molar-refractivity contribution is 0.390. The van der Waals surface area contributed by atoms with E-state index in [-0.39, 0.29) is 6.04 Å². The number of aryl methyl sites for hydroxylation is 1. The molecule has 3 N–H and O–H groups in total. The molecule has 0 amide bonds. The maximum absolute atomic E-state index is 5.66. The van der Waals surface area contributed by atoms with Crippen LogP contribution in [0, 0.1) is 0 Å². The molecule has 0 aliphatic rings. The lowest BCUT2D eigenvalue weighted by Crippen LogP contribution is -2.29. The second kappa shape index (κ2) is 6.98. The Labute approximate surface area is 119 Å². The summed E-state index contributed by atoms with van der Waals surface area (Å²) in [5, 5.41) is 8.11. The third-order valence-electron chi connectivity index (χ3n) is 3.18. The first-order chi connectivity index (χ1) is 9.78. The molecule has 1 atom stereocenters. The molecule has 5 nitrogen and oxygen atoms in total. The molecule has 0 radical (unpaired) electrons. The van der Waals surface area contributed by atoms with Crippen LogP contribution in [0.5, 0.6) is 5.88 Å². The summed E-state index contributed by atoms with van der Waals surface area (Å²) in [6.07, 6.45) is 2.23. The summed E-state index contributed by atoms with van der Waals surface area (Å²) < 4.78 is 5.01. The first-order valence-electron chi connectivity index (χ1n) is 6.71. The predicted molar refractivity (Wildman–Crippen MR) is 78.2 cm³/mol. The summed E-state index contributed by atoms with van der Waals surface area (Å²) in [5.41, 5.74) is 5.93. The number of benzene rings is 1. The molecule has 0 saturated carbocycles. The number of hydrogen-bond donors (Lipinski definition) is 2. The predicted octanol–water partition coefficient (Wildman–Crippen LogP) is 1.99. The van der Waals surface area contributed by atoms with Crippen molar-refractivity contribution in [3.8, 4) is 5.88 Å².